The number of hydrogen-bond acceptors (Lipinski definition) is 8. The summed E-state index contributed by atoms with van der Waals surface area (Å²) in [5.74, 6) is -1.02. The molecule has 5 amide bonds. The zero-order chi connectivity index (χ0) is 37.1. The molecule has 2 aromatic carbocycles. The molecule has 3 saturated heterocycles. The Morgan fingerprint density at radius 1 is 0.796 bits per heavy atom. The number of H-pyrrole nitrogens is 1. The number of carbonyl (C=O) groups is 5. The van der Waals surface area contributed by atoms with Crippen molar-refractivity contribution in [2.45, 2.75) is 62.8 Å². The van der Waals surface area contributed by atoms with Crippen LogP contribution in [0.2, 0.25) is 5.02 Å². The quantitative estimate of drug-likeness (QED) is 0.226. The molecule has 4 fully saturated rings. The van der Waals surface area contributed by atoms with Crippen molar-refractivity contribution in [3.63, 3.8) is 0 Å². The number of nitrogens with one attached hydrogen (secondary N) is 2. The summed E-state index contributed by atoms with van der Waals surface area (Å²) >= 11 is 6.99. The molecule has 1 unspecified atom stereocenters. The predicted octanol–water partition coefficient (Wildman–Crippen LogP) is 5.08. The van der Waals surface area contributed by atoms with Gasteiger partial charge in [0.05, 0.1) is 22.7 Å². The van der Waals surface area contributed by atoms with Gasteiger partial charge < -0.3 is 14.8 Å². The Labute approximate surface area is 317 Å². The lowest BCUT2D eigenvalue weighted by atomic mass is 9.88. The van der Waals surface area contributed by atoms with E-state index in [2.05, 4.69) is 25.1 Å². The molecule has 5 aliphatic rings. The predicted molar refractivity (Wildman–Crippen MR) is 203 cm³/mol. The van der Waals surface area contributed by atoms with Crippen LogP contribution in [-0.4, -0.2) is 106 Å². The van der Waals surface area contributed by atoms with Crippen molar-refractivity contribution < 1.29 is 24.0 Å². The highest BCUT2D eigenvalue weighted by atomic mass is 35.5. The largest absolute Gasteiger partial charge is 0.346 e. The van der Waals surface area contributed by atoms with Crippen molar-refractivity contribution in [3.05, 3.63) is 82.1 Å². The number of nitrogens with zero attached hydrogens (tertiary/aromatic N) is 5. The molecule has 0 spiro atoms. The van der Waals surface area contributed by atoms with Crippen LogP contribution in [0.15, 0.2) is 54.9 Å². The number of rotatable bonds is 9. The second-order valence-electron chi connectivity index (χ2n) is 15.3. The number of fused-ring (bicyclic) bond motifs is 2. The van der Waals surface area contributed by atoms with Crippen molar-refractivity contribution in [1.82, 2.24) is 30.0 Å². The molecule has 1 aliphatic carbocycles. The Bertz CT molecular complexity index is 2210. The lowest BCUT2D eigenvalue weighted by Gasteiger charge is -2.36. The van der Waals surface area contributed by atoms with E-state index in [9.17, 15) is 24.0 Å². The van der Waals surface area contributed by atoms with Crippen molar-refractivity contribution in [2.24, 2.45) is 0 Å². The number of likely N-dealkylation sites (tertiary alicyclic amines) is 1. The van der Waals surface area contributed by atoms with Crippen molar-refractivity contribution >= 4 is 57.9 Å². The van der Waals surface area contributed by atoms with Crippen LogP contribution in [0.3, 0.4) is 0 Å². The zero-order valence-electron chi connectivity index (χ0n) is 30.0. The van der Waals surface area contributed by atoms with E-state index in [1.54, 1.807) is 6.07 Å². The molecule has 2 N–H and O–H groups in total. The van der Waals surface area contributed by atoms with E-state index in [-0.39, 0.29) is 30.6 Å². The van der Waals surface area contributed by atoms with E-state index in [4.69, 9.17) is 11.6 Å². The fourth-order valence-electron chi connectivity index (χ4n) is 8.78. The number of benzene rings is 2. The maximum Gasteiger partial charge on any atom is 0.262 e. The number of hydrogen-bond donors (Lipinski definition) is 2. The van der Waals surface area contributed by atoms with E-state index in [0.29, 0.717) is 35.2 Å². The minimum absolute atomic E-state index is 0.0929. The molecular formula is C41H42ClN7O5. The maximum atomic E-state index is 13.4. The fraction of sp³-hybridized carbons (Fsp3) is 0.415. The molecule has 1 atom stereocenters. The topological polar surface area (TPSA) is 139 Å². The number of pyridine rings is 1. The first kappa shape index (κ1) is 34.8. The van der Waals surface area contributed by atoms with Crippen LogP contribution >= 0.6 is 11.6 Å². The van der Waals surface area contributed by atoms with E-state index >= 15 is 0 Å². The number of halogens is 1. The van der Waals surface area contributed by atoms with E-state index in [0.717, 1.165) is 90.3 Å². The highest BCUT2D eigenvalue weighted by molar-refractivity contribution is 6.38. The number of aromatic amines is 1. The molecule has 2 aromatic heterocycles. The number of anilines is 1. The number of imide groups is 2. The molecule has 4 aliphatic heterocycles. The Morgan fingerprint density at radius 3 is 2.37 bits per heavy atom. The zero-order valence-corrected chi connectivity index (χ0v) is 30.7. The monoisotopic (exact) mass is 747 g/mol. The molecule has 54 heavy (non-hydrogen) atoms. The molecule has 12 nitrogen and oxygen atoms in total. The van der Waals surface area contributed by atoms with Crippen molar-refractivity contribution in [3.8, 4) is 11.1 Å². The van der Waals surface area contributed by atoms with Gasteiger partial charge in [-0.15, -0.1) is 0 Å². The number of piperazine rings is 1. The average Bonchev–Trinajstić information content (AvgIpc) is 3.88. The SMILES string of the molecule is O=C1CCC(N2C(=O)c3ccc(C4CCN(CCCN5CCN(c6cccc(-c7cnc8[nH]cc(C9CC9)c8c7Cl)c6)C(=O)C5)CC4)cc3C2=O)C(=O)N1. The summed E-state index contributed by atoms with van der Waals surface area (Å²) in [5, 5.41) is 3.96. The summed E-state index contributed by atoms with van der Waals surface area (Å²) in [6.45, 7) is 5.48. The van der Waals surface area contributed by atoms with Crippen molar-refractivity contribution in [2.75, 3.05) is 50.7 Å². The Hall–Kier alpha value is -4.91. The van der Waals surface area contributed by atoms with Gasteiger partial charge in [0.15, 0.2) is 0 Å². The Balaban J connectivity index is 0.757. The first-order valence-electron chi connectivity index (χ1n) is 19.1. The Morgan fingerprint density at radius 2 is 1.59 bits per heavy atom. The van der Waals surface area contributed by atoms with Crippen LogP contribution in [0.1, 0.15) is 88.6 Å². The summed E-state index contributed by atoms with van der Waals surface area (Å²) in [4.78, 5) is 79.4. The highest BCUT2D eigenvalue weighted by Crippen LogP contribution is 2.46. The van der Waals surface area contributed by atoms with Crippen molar-refractivity contribution in [1.29, 1.82) is 0 Å². The summed E-state index contributed by atoms with van der Waals surface area (Å²) in [5.41, 5.74) is 6.44. The van der Waals surface area contributed by atoms with Gasteiger partial charge in [-0.1, -0.05) is 29.8 Å². The molecule has 0 radical (unpaired) electrons. The number of amides is 5. The Kier molecular flexibility index (Phi) is 9.07. The molecule has 13 heteroatoms. The van der Waals surface area contributed by atoms with Gasteiger partial charge in [-0.05, 0) is 117 Å². The van der Waals surface area contributed by atoms with E-state index < -0.39 is 23.8 Å². The molecular weight excluding hydrogens is 706 g/mol. The molecule has 4 aromatic rings. The second kappa shape index (κ2) is 14.1. The van der Waals surface area contributed by atoms with Crippen LogP contribution in [0.4, 0.5) is 5.69 Å². The van der Waals surface area contributed by atoms with Gasteiger partial charge in [-0.2, -0.15) is 0 Å². The number of carbonyl (C=O) groups excluding carboxylic acids is 5. The van der Waals surface area contributed by atoms with Crippen LogP contribution in [0, 0.1) is 0 Å². The summed E-state index contributed by atoms with van der Waals surface area (Å²) < 4.78 is 0. The lowest BCUT2D eigenvalue weighted by Crippen LogP contribution is -2.54. The van der Waals surface area contributed by atoms with Gasteiger partial charge in [0.1, 0.15) is 11.7 Å². The summed E-state index contributed by atoms with van der Waals surface area (Å²) in [6.07, 6.45) is 9.31. The molecule has 278 valence electrons. The number of piperidine rings is 2. The smallest absolute Gasteiger partial charge is 0.262 e. The minimum atomic E-state index is -0.962. The minimum Gasteiger partial charge on any atom is -0.346 e. The number of aromatic nitrogens is 2. The second-order valence-corrected chi connectivity index (χ2v) is 15.7. The first-order valence-corrected chi connectivity index (χ1v) is 19.5. The highest BCUT2D eigenvalue weighted by Gasteiger charge is 2.45. The maximum absolute atomic E-state index is 13.4. The molecule has 9 rings (SSSR count). The van der Waals surface area contributed by atoms with Crippen LogP contribution in [0.5, 0.6) is 0 Å². The summed E-state index contributed by atoms with van der Waals surface area (Å²) in [6, 6.07) is 12.6. The fourth-order valence-corrected chi connectivity index (χ4v) is 9.13. The normalized spacial score (nSPS) is 21.7. The third-order valence-electron chi connectivity index (χ3n) is 11.9. The van der Waals surface area contributed by atoms with Gasteiger partial charge in [0.25, 0.3) is 11.8 Å². The third-order valence-corrected chi connectivity index (χ3v) is 12.3. The van der Waals surface area contributed by atoms with Gasteiger partial charge in [0.2, 0.25) is 17.7 Å². The van der Waals surface area contributed by atoms with E-state index in [1.165, 1.54) is 18.4 Å². The van der Waals surface area contributed by atoms with Crippen LogP contribution < -0.4 is 10.2 Å². The standard InChI is InChI=1S/C41H42ClN7O5/c42-37-32(22-44-38-36(37)31(21-43-38)25-5-6-25)27-3-1-4-28(19-27)48-18-17-47(23-35(48)51)14-2-13-46-15-11-24(12-16-46)26-7-8-29-30(20-26)41(54)49(40(29)53)33-9-10-34(50)45-39(33)52/h1,3-4,7-8,19-22,24-25,33H,2,5-6,9-18,23H2,(H,43,44)(H,45,50,52). The summed E-state index contributed by atoms with van der Waals surface area (Å²) in [7, 11) is 0. The van der Waals surface area contributed by atoms with E-state index in [1.807, 2.05) is 53.7 Å². The van der Waals surface area contributed by atoms with Gasteiger partial charge >= 0.3 is 0 Å². The van der Waals surface area contributed by atoms with Crippen LogP contribution in [-0.2, 0) is 14.4 Å². The van der Waals surface area contributed by atoms with Crippen LogP contribution in [0.25, 0.3) is 22.2 Å². The van der Waals surface area contributed by atoms with Gasteiger partial charge in [-0.3, -0.25) is 39.1 Å². The first-order chi connectivity index (χ1) is 26.2. The molecule has 0 bridgehead atoms. The lowest BCUT2D eigenvalue weighted by molar-refractivity contribution is -0.136. The average molecular weight is 748 g/mol. The third kappa shape index (κ3) is 6.39. The molecule has 6 heterocycles. The molecule has 1 saturated carbocycles. The van der Waals surface area contributed by atoms with Gasteiger partial charge in [-0.25, -0.2) is 4.98 Å². The van der Waals surface area contributed by atoms with Gasteiger partial charge in [0, 0.05) is 48.5 Å².